The van der Waals surface area contributed by atoms with Gasteiger partial charge in [0, 0.05) is 19.7 Å². The third-order valence-corrected chi connectivity index (χ3v) is 3.61. The topological polar surface area (TPSA) is 55.6 Å². The molecule has 2 atom stereocenters. The van der Waals surface area contributed by atoms with Crippen LogP contribution in [-0.4, -0.2) is 43.2 Å². The summed E-state index contributed by atoms with van der Waals surface area (Å²) in [5, 5.41) is 0. The maximum Gasteiger partial charge on any atom is 0.251 e. The second-order valence-corrected chi connectivity index (χ2v) is 6.19. The first-order valence-corrected chi connectivity index (χ1v) is 7.01. The van der Waals surface area contributed by atoms with Crippen LogP contribution in [0.4, 0.5) is 0 Å². The van der Waals surface area contributed by atoms with Crippen LogP contribution in [0.2, 0.25) is 0 Å². The second kappa shape index (κ2) is 6.53. The van der Waals surface area contributed by atoms with Crippen molar-refractivity contribution in [2.45, 2.75) is 46.6 Å². The Labute approximate surface area is 111 Å². The molecule has 0 aromatic carbocycles. The Morgan fingerprint density at radius 3 is 2.61 bits per heavy atom. The van der Waals surface area contributed by atoms with E-state index in [-0.39, 0.29) is 17.4 Å². The first kappa shape index (κ1) is 15.4. The molecule has 18 heavy (non-hydrogen) atoms. The lowest BCUT2D eigenvalue weighted by Gasteiger charge is -2.33. The van der Waals surface area contributed by atoms with E-state index < -0.39 is 0 Å². The van der Waals surface area contributed by atoms with E-state index >= 15 is 0 Å². The Balaban J connectivity index is 2.68. The molecule has 0 bridgehead atoms. The van der Waals surface area contributed by atoms with Crippen molar-refractivity contribution in [3.8, 4) is 0 Å². The van der Waals surface area contributed by atoms with Crippen molar-refractivity contribution in [1.82, 2.24) is 4.90 Å². The minimum Gasteiger partial charge on any atom is -0.368 e. The van der Waals surface area contributed by atoms with E-state index in [0.29, 0.717) is 25.6 Å². The second-order valence-electron chi connectivity index (χ2n) is 6.19. The number of carbonyl (C=O) groups is 1. The van der Waals surface area contributed by atoms with Gasteiger partial charge < -0.3 is 15.4 Å². The van der Waals surface area contributed by atoms with Gasteiger partial charge in [0.15, 0.2) is 0 Å². The van der Waals surface area contributed by atoms with Gasteiger partial charge in [0.1, 0.15) is 6.10 Å². The highest BCUT2D eigenvalue weighted by Gasteiger charge is 2.35. The van der Waals surface area contributed by atoms with E-state index in [4.69, 9.17) is 10.5 Å². The summed E-state index contributed by atoms with van der Waals surface area (Å²) in [4.78, 5) is 14.4. The third-order valence-electron chi connectivity index (χ3n) is 3.61. The molecule has 1 rings (SSSR count). The van der Waals surface area contributed by atoms with Gasteiger partial charge in [-0.2, -0.15) is 0 Å². The fraction of sp³-hybridized carbons (Fsp3) is 0.929. The quantitative estimate of drug-likeness (QED) is 0.786. The molecule has 0 radical (unpaired) electrons. The first-order chi connectivity index (χ1) is 8.41. The molecule has 106 valence electrons. The zero-order valence-corrected chi connectivity index (χ0v) is 12.2. The van der Waals surface area contributed by atoms with Crippen LogP contribution in [0.15, 0.2) is 0 Å². The molecule has 0 spiro atoms. The Kier molecular flexibility index (Phi) is 5.60. The fourth-order valence-corrected chi connectivity index (χ4v) is 2.31. The van der Waals surface area contributed by atoms with Crippen LogP contribution in [0.25, 0.3) is 0 Å². The summed E-state index contributed by atoms with van der Waals surface area (Å²) in [6.07, 6.45) is 1.70. The summed E-state index contributed by atoms with van der Waals surface area (Å²) < 4.78 is 5.58. The number of nitrogens with zero attached hydrogens (tertiary/aromatic N) is 1. The van der Waals surface area contributed by atoms with Gasteiger partial charge in [0.25, 0.3) is 5.91 Å². The summed E-state index contributed by atoms with van der Waals surface area (Å²) in [7, 11) is 0. The summed E-state index contributed by atoms with van der Waals surface area (Å²) in [6, 6.07) is 0. The molecule has 0 aliphatic carbocycles. The summed E-state index contributed by atoms with van der Waals surface area (Å²) in [6.45, 7) is 11.2. The molecule has 0 aromatic heterocycles. The number of amides is 1. The highest BCUT2D eigenvalue weighted by molar-refractivity contribution is 5.81. The van der Waals surface area contributed by atoms with Gasteiger partial charge in [0.05, 0.1) is 0 Å². The predicted molar refractivity (Wildman–Crippen MR) is 73.2 cm³/mol. The van der Waals surface area contributed by atoms with Crippen LogP contribution in [0, 0.1) is 11.3 Å². The lowest BCUT2D eigenvalue weighted by molar-refractivity contribution is -0.143. The largest absolute Gasteiger partial charge is 0.368 e. The van der Waals surface area contributed by atoms with Crippen LogP contribution >= 0.6 is 0 Å². The maximum atomic E-state index is 12.5. The Bertz CT molecular complexity index is 279. The number of rotatable bonds is 6. The van der Waals surface area contributed by atoms with Crippen LogP contribution in [0.5, 0.6) is 0 Å². The smallest absolute Gasteiger partial charge is 0.251 e. The van der Waals surface area contributed by atoms with Gasteiger partial charge in [-0.15, -0.1) is 0 Å². The zero-order chi connectivity index (χ0) is 13.8. The molecule has 1 amide bonds. The molecule has 2 unspecified atom stereocenters. The molecular formula is C14H28N2O2. The summed E-state index contributed by atoms with van der Waals surface area (Å²) >= 11 is 0. The van der Waals surface area contributed by atoms with Crippen molar-refractivity contribution in [2.24, 2.45) is 17.1 Å². The highest BCUT2D eigenvalue weighted by Crippen LogP contribution is 2.24. The Hall–Kier alpha value is -0.610. The Morgan fingerprint density at radius 1 is 1.50 bits per heavy atom. The lowest BCUT2D eigenvalue weighted by atomic mass is 9.92. The molecule has 4 nitrogen and oxygen atoms in total. The van der Waals surface area contributed by atoms with E-state index in [1.807, 2.05) is 4.90 Å². The molecule has 1 heterocycles. The molecule has 1 aliphatic rings. The van der Waals surface area contributed by atoms with E-state index in [9.17, 15) is 4.79 Å². The molecule has 1 aliphatic heterocycles. The summed E-state index contributed by atoms with van der Waals surface area (Å²) in [5.41, 5.74) is 5.73. The average Bonchev–Trinajstić information content (AvgIpc) is 2.74. The van der Waals surface area contributed by atoms with E-state index in [1.54, 1.807) is 0 Å². The van der Waals surface area contributed by atoms with Crippen molar-refractivity contribution < 1.29 is 9.53 Å². The Morgan fingerprint density at radius 2 is 2.17 bits per heavy atom. The molecule has 2 N–H and O–H groups in total. The molecule has 0 aromatic rings. The number of hydrogen-bond donors (Lipinski definition) is 1. The van der Waals surface area contributed by atoms with E-state index in [0.717, 1.165) is 19.4 Å². The maximum absolute atomic E-state index is 12.5. The third kappa shape index (κ3) is 3.95. The van der Waals surface area contributed by atoms with Crippen LogP contribution in [-0.2, 0) is 9.53 Å². The number of carbonyl (C=O) groups excluding carboxylic acids is 1. The lowest BCUT2D eigenvalue weighted by Crippen LogP contribution is -2.47. The molecular weight excluding hydrogens is 228 g/mol. The van der Waals surface area contributed by atoms with Crippen LogP contribution in [0.3, 0.4) is 0 Å². The monoisotopic (exact) mass is 256 g/mol. The van der Waals surface area contributed by atoms with Gasteiger partial charge in [-0.1, -0.05) is 27.7 Å². The van der Waals surface area contributed by atoms with Crippen molar-refractivity contribution in [2.75, 3.05) is 26.2 Å². The summed E-state index contributed by atoms with van der Waals surface area (Å²) in [5.74, 6) is 0.473. The molecule has 4 heteroatoms. The van der Waals surface area contributed by atoms with Crippen LogP contribution in [0.1, 0.15) is 40.5 Å². The van der Waals surface area contributed by atoms with Crippen molar-refractivity contribution >= 4 is 5.91 Å². The van der Waals surface area contributed by atoms with Crippen molar-refractivity contribution in [3.63, 3.8) is 0 Å². The normalized spacial score (nSPS) is 24.3. The number of ether oxygens (including phenoxy) is 1. The molecule has 0 saturated carbocycles. The number of hydrogen-bond acceptors (Lipinski definition) is 3. The van der Waals surface area contributed by atoms with Crippen molar-refractivity contribution in [3.05, 3.63) is 0 Å². The van der Waals surface area contributed by atoms with E-state index in [1.165, 1.54) is 0 Å². The van der Waals surface area contributed by atoms with Gasteiger partial charge in [-0.25, -0.2) is 0 Å². The zero-order valence-electron chi connectivity index (χ0n) is 12.2. The predicted octanol–water partition coefficient (Wildman–Crippen LogP) is 1.63. The molecule has 1 fully saturated rings. The van der Waals surface area contributed by atoms with Gasteiger partial charge >= 0.3 is 0 Å². The standard InChI is InChI=1S/C14H28N2O2/c1-5-7-16(10-14(3,4)9-15)13(17)12-11(2)6-8-18-12/h11-12H,5-10,15H2,1-4H3. The van der Waals surface area contributed by atoms with Gasteiger partial charge in [-0.3, -0.25) is 4.79 Å². The van der Waals surface area contributed by atoms with Gasteiger partial charge in [-0.05, 0) is 30.7 Å². The fourth-order valence-electron chi connectivity index (χ4n) is 2.31. The highest BCUT2D eigenvalue weighted by atomic mass is 16.5. The van der Waals surface area contributed by atoms with Crippen LogP contribution < -0.4 is 5.73 Å². The average molecular weight is 256 g/mol. The van der Waals surface area contributed by atoms with Crippen molar-refractivity contribution in [1.29, 1.82) is 0 Å². The first-order valence-electron chi connectivity index (χ1n) is 7.01. The minimum atomic E-state index is -0.245. The SMILES string of the molecule is CCCN(CC(C)(C)CN)C(=O)C1OCCC1C. The van der Waals surface area contributed by atoms with Gasteiger partial charge in [0.2, 0.25) is 0 Å². The van der Waals surface area contributed by atoms with E-state index in [2.05, 4.69) is 27.7 Å². The number of nitrogens with two attached hydrogens (primary N) is 1. The minimum absolute atomic E-state index is 0.0350. The molecule has 1 saturated heterocycles.